The molecule has 2 aliphatic carbocycles. The summed E-state index contributed by atoms with van der Waals surface area (Å²) in [7, 11) is 0. The number of fused-ring (bicyclic) bond motifs is 1. The molecule has 0 amide bonds. The molecule has 110 valence electrons. The van der Waals surface area contributed by atoms with E-state index in [-0.39, 0.29) is 11.0 Å². The maximum Gasteiger partial charge on any atom is 0.0690 e. The van der Waals surface area contributed by atoms with E-state index in [1.807, 2.05) is 0 Å². The normalized spacial score (nSPS) is 47.4. The first-order valence-corrected chi connectivity index (χ1v) is 8.14. The van der Waals surface area contributed by atoms with Gasteiger partial charge in [0.25, 0.3) is 0 Å². The zero-order chi connectivity index (χ0) is 13.7. The van der Waals surface area contributed by atoms with Gasteiger partial charge in [0.15, 0.2) is 0 Å². The van der Waals surface area contributed by atoms with Crippen molar-refractivity contribution in [1.29, 1.82) is 0 Å². The maximum atomic E-state index is 6.79. The van der Waals surface area contributed by atoms with Gasteiger partial charge in [0.05, 0.1) is 6.10 Å². The smallest absolute Gasteiger partial charge is 0.0690 e. The van der Waals surface area contributed by atoms with Crippen LogP contribution in [0.4, 0.5) is 0 Å². The lowest BCUT2D eigenvalue weighted by Gasteiger charge is -2.66. The van der Waals surface area contributed by atoms with Crippen molar-refractivity contribution in [2.24, 2.45) is 23.0 Å². The highest BCUT2D eigenvalue weighted by atomic mass is 16.5. The fourth-order valence-corrected chi connectivity index (χ4v) is 4.51. The van der Waals surface area contributed by atoms with Gasteiger partial charge in [-0.1, -0.05) is 27.2 Å². The SMILES string of the molecule is CCCC1CC1NCC1(N)C2CCCOC2C1(C)C. The Morgan fingerprint density at radius 1 is 1.37 bits per heavy atom. The molecule has 3 fully saturated rings. The minimum absolute atomic E-state index is 0.0720. The molecule has 0 radical (unpaired) electrons. The molecule has 1 saturated heterocycles. The highest BCUT2D eigenvalue weighted by molar-refractivity contribution is 5.21. The largest absolute Gasteiger partial charge is 0.377 e. The Hall–Kier alpha value is -0.120. The molecule has 0 spiro atoms. The fraction of sp³-hybridized carbons (Fsp3) is 1.00. The van der Waals surface area contributed by atoms with Gasteiger partial charge in [0.2, 0.25) is 0 Å². The minimum Gasteiger partial charge on any atom is -0.377 e. The van der Waals surface area contributed by atoms with E-state index in [0.717, 1.165) is 25.1 Å². The van der Waals surface area contributed by atoms with Crippen LogP contribution in [-0.2, 0) is 4.74 Å². The molecule has 3 aliphatic rings. The molecule has 3 rings (SSSR count). The average molecular weight is 266 g/mol. The second-order valence-corrected chi connectivity index (χ2v) is 7.57. The fourth-order valence-electron chi connectivity index (χ4n) is 4.51. The molecule has 0 aromatic rings. The monoisotopic (exact) mass is 266 g/mol. The molecule has 1 heterocycles. The topological polar surface area (TPSA) is 47.3 Å². The predicted molar refractivity (Wildman–Crippen MR) is 78.0 cm³/mol. The Morgan fingerprint density at radius 2 is 2.16 bits per heavy atom. The van der Waals surface area contributed by atoms with E-state index in [1.54, 1.807) is 0 Å². The lowest BCUT2D eigenvalue weighted by Crippen LogP contribution is -2.80. The van der Waals surface area contributed by atoms with Gasteiger partial charge in [0, 0.05) is 36.1 Å². The van der Waals surface area contributed by atoms with Crippen LogP contribution in [0.3, 0.4) is 0 Å². The summed E-state index contributed by atoms with van der Waals surface area (Å²) in [6.45, 7) is 8.75. The molecule has 0 aromatic carbocycles. The molecule has 2 saturated carbocycles. The van der Waals surface area contributed by atoms with Crippen molar-refractivity contribution in [2.45, 2.75) is 70.6 Å². The standard InChI is InChI=1S/C16H30N2O/c1-4-6-11-9-13(11)18-10-16(17)12-7-5-8-19-14(12)15(16,2)3/h11-14,18H,4-10,17H2,1-3H3. The van der Waals surface area contributed by atoms with Crippen LogP contribution in [0, 0.1) is 17.3 Å². The molecule has 0 bridgehead atoms. The Labute approximate surface area is 117 Å². The Kier molecular flexibility index (Phi) is 3.43. The summed E-state index contributed by atoms with van der Waals surface area (Å²) >= 11 is 0. The molecule has 19 heavy (non-hydrogen) atoms. The van der Waals surface area contributed by atoms with Crippen LogP contribution in [0.2, 0.25) is 0 Å². The van der Waals surface area contributed by atoms with E-state index < -0.39 is 0 Å². The predicted octanol–water partition coefficient (Wildman–Crippen LogP) is 2.30. The number of nitrogens with one attached hydrogen (secondary N) is 1. The first-order valence-electron chi connectivity index (χ1n) is 8.14. The summed E-state index contributed by atoms with van der Waals surface area (Å²) in [5, 5.41) is 3.74. The molecule has 5 unspecified atom stereocenters. The summed E-state index contributed by atoms with van der Waals surface area (Å²) in [5.74, 6) is 1.47. The van der Waals surface area contributed by atoms with Crippen molar-refractivity contribution < 1.29 is 4.74 Å². The zero-order valence-corrected chi connectivity index (χ0v) is 12.7. The summed E-state index contributed by atoms with van der Waals surface area (Å²) < 4.78 is 5.96. The molecular weight excluding hydrogens is 236 g/mol. The molecule has 3 heteroatoms. The molecule has 5 atom stereocenters. The number of hydrogen-bond donors (Lipinski definition) is 2. The molecule has 1 aliphatic heterocycles. The quantitative estimate of drug-likeness (QED) is 0.802. The highest BCUT2D eigenvalue weighted by Crippen LogP contribution is 2.57. The summed E-state index contributed by atoms with van der Waals surface area (Å²) in [6, 6.07) is 0.736. The third kappa shape index (κ3) is 2.05. The summed E-state index contributed by atoms with van der Waals surface area (Å²) in [5.41, 5.74) is 6.83. The van der Waals surface area contributed by atoms with Crippen molar-refractivity contribution in [1.82, 2.24) is 5.32 Å². The van der Waals surface area contributed by atoms with Crippen LogP contribution < -0.4 is 11.1 Å². The molecular formula is C16H30N2O. The lowest BCUT2D eigenvalue weighted by molar-refractivity contribution is -0.225. The van der Waals surface area contributed by atoms with Gasteiger partial charge in [-0.05, 0) is 31.6 Å². The third-order valence-electron chi connectivity index (χ3n) is 6.13. The van der Waals surface area contributed by atoms with Gasteiger partial charge in [-0.15, -0.1) is 0 Å². The van der Waals surface area contributed by atoms with Gasteiger partial charge in [0.1, 0.15) is 0 Å². The highest BCUT2D eigenvalue weighted by Gasteiger charge is 2.66. The van der Waals surface area contributed by atoms with Crippen molar-refractivity contribution in [2.75, 3.05) is 13.2 Å². The first-order chi connectivity index (χ1) is 9.00. The molecule has 3 N–H and O–H groups in total. The number of hydrogen-bond acceptors (Lipinski definition) is 3. The van der Waals surface area contributed by atoms with Crippen LogP contribution in [0.25, 0.3) is 0 Å². The third-order valence-corrected chi connectivity index (χ3v) is 6.13. The Balaban J connectivity index is 1.57. The van der Waals surface area contributed by atoms with Crippen molar-refractivity contribution in [3.8, 4) is 0 Å². The van der Waals surface area contributed by atoms with Crippen LogP contribution >= 0.6 is 0 Å². The van der Waals surface area contributed by atoms with Gasteiger partial charge < -0.3 is 15.8 Å². The van der Waals surface area contributed by atoms with Crippen molar-refractivity contribution in [3.05, 3.63) is 0 Å². The van der Waals surface area contributed by atoms with E-state index in [0.29, 0.717) is 12.0 Å². The van der Waals surface area contributed by atoms with E-state index in [9.17, 15) is 0 Å². The maximum absolute atomic E-state index is 6.79. The molecule has 3 nitrogen and oxygen atoms in total. The van der Waals surface area contributed by atoms with E-state index in [1.165, 1.54) is 32.1 Å². The lowest BCUT2D eigenvalue weighted by atomic mass is 9.46. The van der Waals surface area contributed by atoms with Crippen LogP contribution in [0.1, 0.15) is 52.9 Å². The van der Waals surface area contributed by atoms with Gasteiger partial charge >= 0.3 is 0 Å². The molecule has 0 aromatic heterocycles. The Morgan fingerprint density at radius 3 is 2.89 bits per heavy atom. The van der Waals surface area contributed by atoms with Gasteiger partial charge in [-0.25, -0.2) is 0 Å². The second kappa shape index (κ2) is 4.71. The van der Waals surface area contributed by atoms with Crippen LogP contribution in [-0.4, -0.2) is 30.8 Å². The van der Waals surface area contributed by atoms with Gasteiger partial charge in [-0.3, -0.25) is 0 Å². The summed E-state index contributed by atoms with van der Waals surface area (Å²) in [4.78, 5) is 0. The second-order valence-electron chi connectivity index (χ2n) is 7.57. The Bertz CT molecular complexity index is 344. The van der Waals surface area contributed by atoms with Gasteiger partial charge in [-0.2, -0.15) is 0 Å². The number of nitrogens with two attached hydrogens (primary N) is 1. The number of ether oxygens (including phenoxy) is 1. The van der Waals surface area contributed by atoms with Crippen molar-refractivity contribution >= 4 is 0 Å². The van der Waals surface area contributed by atoms with E-state index in [2.05, 4.69) is 26.1 Å². The van der Waals surface area contributed by atoms with Crippen LogP contribution in [0.15, 0.2) is 0 Å². The average Bonchev–Trinajstić information content (AvgIpc) is 3.15. The minimum atomic E-state index is -0.0720. The van der Waals surface area contributed by atoms with Crippen LogP contribution in [0.5, 0.6) is 0 Å². The van der Waals surface area contributed by atoms with Crippen molar-refractivity contribution in [3.63, 3.8) is 0 Å². The summed E-state index contributed by atoms with van der Waals surface area (Å²) in [6.07, 6.45) is 6.84. The first kappa shape index (κ1) is 13.8. The zero-order valence-electron chi connectivity index (χ0n) is 12.7. The number of rotatable bonds is 5. The van der Waals surface area contributed by atoms with E-state index in [4.69, 9.17) is 10.5 Å². The van der Waals surface area contributed by atoms with E-state index >= 15 is 0 Å².